The van der Waals surface area contributed by atoms with Crippen molar-refractivity contribution >= 4 is 39.2 Å². The number of carbonyl (C=O) groups is 1. The summed E-state index contributed by atoms with van der Waals surface area (Å²) in [6.07, 6.45) is 1.89. The van der Waals surface area contributed by atoms with Crippen LogP contribution < -0.4 is 10.9 Å². The molecule has 0 unspecified atom stereocenters. The topological polar surface area (TPSA) is 73.2 Å². The fraction of sp³-hybridized carbons (Fsp3) is 0.611. The summed E-state index contributed by atoms with van der Waals surface area (Å²) < 4.78 is 6.68. The molecule has 0 saturated carbocycles. The van der Waals surface area contributed by atoms with Gasteiger partial charge in [-0.3, -0.25) is 14.2 Å². The predicted molar refractivity (Wildman–Crippen MR) is 108 cm³/mol. The van der Waals surface area contributed by atoms with Crippen molar-refractivity contribution in [2.75, 3.05) is 20.3 Å². The number of hydrogen-bond acceptors (Lipinski definition) is 6. The number of aromatic nitrogens is 2. The molecule has 144 valence electrons. The summed E-state index contributed by atoms with van der Waals surface area (Å²) in [5.74, 6) is -0.0815. The number of thioether (sulfide) groups is 1. The largest absolute Gasteiger partial charge is 0.383 e. The molecular weight excluding hydrogens is 370 g/mol. The number of thiophene rings is 1. The second-order valence-electron chi connectivity index (χ2n) is 6.21. The third-order valence-electron chi connectivity index (χ3n) is 4.25. The summed E-state index contributed by atoms with van der Waals surface area (Å²) in [6, 6.07) is 0. The van der Waals surface area contributed by atoms with Gasteiger partial charge in [0.05, 0.1) is 17.2 Å². The lowest BCUT2D eigenvalue weighted by atomic mass is 10.2. The molecule has 2 aromatic heterocycles. The molecule has 0 aliphatic carbocycles. The van der Waals surface area contributed by atoms with Crippen LogP contribution in [0.15, 0.2) is 9.95 Å². The van der Waals surface area contributed by atoms with Crippen molar-refractivity contribution in [2.45, 2.75) is 57.5 Å². The van der Waals surface area contributed by atoms with Crippen LogP contribution in [0.3, 0.4) is 0 Å². The number of amides is 1. The van der Waals surface area contributed by atoms with Crippen LogP contribution in [-0.4, -0.2) is 41.0 Å². The lowest BCUT2D eigenvalue weighted by Gasteiger charge is -2.15. The second kappa shape index (κ2) is 9.53. The summed E-state index contributed by atoms with van der Waals surface area (Å²) in [6.45, 7) is 9.47. The molecule has 8 heteroatoms. The number of rotatable bonds is 9. The van der Waals surface area contributed by atoms with Crippen LogP contribution >= 0.6 is 23.1 Å². The highest BCUT2D eigenvalue weighted by Crippen LogP contribution is 2.29. The maximum absolute atomic E-state index is 13.1. The van der Waals surface area contributed by atoms with Gasteiger partial charge in [0.25, 0.3) is 5.56 Å². The predicted octanol–water partition coefficient (Wildman–Crippen LogP) is 3.12. The molecule has 2 heterocycles. The lowest BCUT2D eigenvalue weighted by Crippen LogP contribution is -2.34. The van der Waals surface area contributed by atoms with E-state index in [4.69, 9.17) is 9.72 Å². The van der Waals surface area contributed by atoms with Gasteiger partial charge >= 0.3 is 0 Å². The van der Waals surface area contributed by atoms with Gasteiger partial charge in [0.1, 0.15) is 4.83 Å². The molecule has 0 radical (unpaired) electrons. The van der Waals surface area contributed by atoms with Crippen molar-refractivity contribution in [2.24, 2.45) is 0 Å². The first-order valence-electron chi connectivity index (χ1n) is 8.84. The fourth-order valence-electron chi connectivity index (χ4n) is 2.54. The molecule has 0 spiro atoms. The Morgan fingerprint density at radius 1 is 1.42 bits per heavy atom. The SMILES string of the molecule is CCCCn1c(S[C@H](C)C(=O)NCCOC)nc2sc(C)c(C)c2c1=O. The Bertz CT molecular complexity index is 829. The molecule has 0 aliphatic rings. The number of fused-ring (bicyclic) bond motifs is 1. The van der Waals surface area contributed by atoms with Crippen molar-refractivity contribution in [3.8, 4) is 0 Å². The summed E-state index contributed by atoms with van der Waals surface area (Å²) in [5.41, 5.74) is 1.01. The van der Waals surface area contributed by atoms with E-state index in [9.17, 15) is 9.59 Å². The number of methoxy groups -OCH3 is 1. The van der Waals surface area contributed by atoms with Gasteiger partial charge in [0.15, 0.2) is 5.16 Å². The molecule has 1 N–H and O–H groups in total. The van der Waals surface area contributed by atoms with Gasteiger partial charge in [-0.2, -0.15) is 0 Å². The Kier molecular flexibility index (Phi) is 7.67. The van der Waals surface area contributed by atoms with Gasteiger partial charge < -0.3 is 10.1 Å². The van der Waals surface area contributed by atoms with E-state index < -0.39 is 0 Å². The average Bonchev–Trinajstić information content (AvgIpc) is 2.89. The molecule has 1 atom stereocenters. The molecule has 0 saturated heterocycles. The first kappa shape index (κ1) is 20.9. The fourth-order valence-corrected chi connectivity index (χ4v) is 4.57. The first-order valence-corrected chi connectivity index (χ1v) is 10.5. The van der Waals surface area contributed by atoms with E-state index in [0.29, 0.717) is 30.2 Å². The summed E-state index contributed by atoms with van der Waals surface area (Å²) in [7, 11) is 1.60. The van der Waals surface area contributed by atoms with E-state index >= 15 is 0 Å². The standard InChI is InChI=1S/C18H27N3O3S2/c1-6-7-9-21-17(23)14-11(2)12(3)25-16(14)20-18(21)26-13(4)15(22)19-8-10-24-5/h13H,6-10H2,1-5H3,(H,19,22)/t13-/m1/s1. The van der Waals surface area contributed by atoms with Crippen LogP contribution in [0.1, 0.15) is 37.1 Å². The zero-order valence-electron chi connectivity index (χ0n) is 16.0. The van der Waals surface area contributed by atoms with Crippen molar-refractivity contribution in [3.05, 3.63) is 20.8 Å². The van der Waals surface area contributed by atoms with E-state index in [-0.39, 0.29) is 16.7 Å². The number of ether oxygens (including phenoxy) is 1. The van der Waals surface area contributed by atoms with Gasteiger partial charge in [0, 0.05) is 25.1 Å². The Morgan fingerprint density at radius 2 is 2.15 bits per heavy atom. The maximum Gasteiger partial charge on any atom is 0.263 e. The van der Waals surface area contributed by atoms with Crippen molar-refractivity contribution in [1.82, 2.24) is 14.9 Å². The van der Waals surface area contributed by atoms with Crippen LogP contribution in [0.5, 0.6) is 0 Å². The van der Waals surface area contributed by atoms with E-state index in [1.165, 1.54) is 23.1 Å². The second-order valence-corrected chi connectivity index (χ2v) is 8.72. The number of nitrogens with zero attached hydrogens (tertiary/aromatic N) is 2. The highest BCUT2D eigenvalue weighted by Gasteiger charge is 2.21. The number of nitrogens with one attached hydrogen (secondary N) is 1. The Morgan fingerprint density at radius 3 is 2.81 bits per heavy atom. The summed E-state index contributed by atoms with van der Waals surface area (Å²) in [5, 5.41) is 3.82. The molecular formula is C18H27N3O3S2. The highest BCUT2D eigenvalue weighted by molar-refractivity contribution is 8.00. The Balaban J connectivity index is 2.35. The van der Waals surface area contributed by atoms with Gasteiger partial charge in [-0.05, 0) is 32.8 Å². The maximum atomic E-state index is 13.1. The van der Waals surface area contributed by atoms with Gasteiger partial charge in [0.2, 0.25) is 5.91 Å². The molecule has 26 heavy (non-hydrogen) atoms. The van der Waals surface area contributed by atoms with Crippen LogP contribution in [0, 0.1) is 13.8 Å². The Labute approximate surface area is 162 Å². The van der Waals surface area contributed by atoms with Crippen LogP contribution in [0.2, 0.25) is 0 Å². The number of aryl methyl sites for hydroxylation is 2. The number of carbonyl (C=O) groups excluding carboxylic acids is 1. The normalized spacial score (nSPS) is 12.5. The minimum atomic E-state index is -0.341. The van der Waals surface area contributed by atoms with Crippen LogP contribution in [-0.2, 0) is 16.1 Å². The minimum Gasteiger partial charge on any atom is -0.383 e. The molecule has 0 bridgehead atoms. The zero-order chi connectivity index (χ0) is 19.3. The molecule has 0 aliphatic heterocycles. The van der Waals surface area contributed by atoms with E-state index in [2.05, 4.69) is 12.2 Å². The highest BCUT2D eigenvalue weighted by atomic mass is 32.2. The number of unbranched alkanes of at least 4 members (excludes halogenated alkanes) is 1. The summed E-state index contributed by atoms with van der Waals surface area (Å²) in [4.78, 5) is 31.9. The molecule has 2 rings (SSSR count). The Hall–Kier alpha value is -1.38. The van der Waals surface area contributed by atoms with E-state index in [1.54, 1.807) is 11.7 Å². The molecule has 6 nitrogen and oxygen atoms in total. The minimum absolute atomic E-state index is 0.000193. The summed E-state index contributed by atoms with van der Waals surface area (Å²) >= 11 is 2.87. The van der Waals surface area contributed by atoms with Gasteiger partial charge in [-0.1, -0.05) is 25.1 Å². The van der Waals surface area contributed by atoms with Crippen molar-refractivity contribution < 1.29 is 9.53 Å². The molecule has 0 fully saturated rings. The monoisotopic (exact) mass is 397 g/mol. The van der Waals surface area contributed by atoms with Crippen molar-refractivity contribution in [1.29, 1.82) is 0 Å². The van der Waals surface area contributed by atoms with Crippen molar-refractivity contribution in [3.63, 3.8) is 0 Å². The van der Waals surface area contributed by atoms with Crippen LogP contribution in [0.25, 0.3) is 10.2 Å². The molecule has 0 aromatic carbocycles. The number of hydrogen-bond donors (Lipinski definition) is 1. The first-order chi connectivity index (χ1) is 12.4. The zero-order valence-corrected chi connectivity index (χ0v) is 17.7. The average molecular weight is 398 g/mol. The lowest BCUT2D eigenvalue weighted by molar-refractivity contribution is -0.120. The van der Waals surface area contributed by atoms with E-state index in [1.807, 2.05) is 20.8 Å². The van der Waals surface area contributed by atoms with Gasteiger partial charge in [-0.15, -0.1) is 11.3 Å². The molecule has 2 aromatic rings. The smallest absolute Gasteiger partial charge is 0.263 e. The van der Waals surface area contributed by atoms with Gasteiger partial charge in [-0.25, -0.2) is 4.98 Å². The van der Waals surface area contributed by atoms with Crippen LogP contribution in [0.4, 0.5) is 0 Å². The third-order valence-corrected chi connectivity index (χ3v) is 6.44. The third kappa shape index (κ3) is 4.66. The van der Waals surface area contributed by atoms with E-state index in [0.717, 1.165) is 28.1 Å². The quantitative estimate of drug-likeness (QED) is 0.400. The molecule has 1 amide bonds.